The molecule has 0 radical (unpaired) electrons. The molecule has 11 heavy (non-hydrogen) atoms. The van der Waals surface area contributed by atoms with Crippen LogP contribution in [0.15, 0.2) is 0 Å². The van der Waals surface area contributed by atoms with Gasteiger partial charge in [-0.1, -0.05) is 11.6 Å². The van der Waals surface area contributed by atoms with Crippen LogP contribution in [-0.4, -0.2) is 17.3 Å². The number of rotatable bonds is 0. The quantitative estimate of drug-likeness (QED) is 0.419. The number of alkyl halides is 1. The maximum Gasteiger partial charge on any atom is 0.510 e. The summed E-state index contributed by atoms with van der Waals surface area (Å²) in [5.41, 5.74) is 0. The van der Waals surface area contributed by atoms with E-state index in [1.807, 2.05) is 0 Å². The van der Waals surface area contributed by atoms with Gasteiger partial charge in [-0.25, -0.2) is 4.79 Å². The summed E-state index contributed by atoms with van der Waals surface area (Å²) < 4.78 is 9.73. The summed E-state index contributed by atoms with van der Waals surface area (Å²) in [6, 6.07) is 0. The zero-order valence-electron chi connectivity index (χ0n) is 6.01. The number of hydrogen-bond donors (Lipinski definition) is 0. The molecule has 1 saturated carbocycles. The Morgan fingerprint density at radius 3 is 3.09 bits per heavy atom. The van der Waals surface area contributed by atoms with Gasteiger partial charge in [0.15, 0.2) is 6.10 Å². The Balaban J connectivity index is 2.17. The predicted molar refractivity (Wildman–Crippen MR) is 38.4 cm³/mol. The molecule has 1 heterocycles. The van der Waals surface area contributed by atoms with Gasteiger partial charge in [0.05, 0.1) is 0 Å². The number of hydrogen-bond acceptors (Lipinski definition) is 3. The van der Waals surface area contributed by atoms with Gasteiger partial charge in [-0.2, -0.15) is 0 Å². The zero-order chi connectivity index (χ0) is 7.90. The van der Waals surface area contributed by atoms with Gasteiger partial charge in [-0.15, -0.1) is 0 Å². The molecule has 1 aliphatic heterocycles. The molecule has 62 valence electrons. The second kappa shape index (κ2) is 2.27. The SMILES string of the molecule is O=C1OC2CCCCC2(Cl)O1. The van der Waals surface area contributed by atoms with Crippen molar-refractivity contribution in [1.29, 1.82) is 0 Å². The van der Waals surface area contributed by atoms with Crippen molar-refractivity contribution in [1.82, 2.24) is 0 Å². The van der Waals surface area contributed by atoms with Crippen LogP contribution in [0.1, 0.15) is 25.7 Å². The number of carbonyl (C=O) groups excluding carboxylic acids is 1. The fourth-order valence-corrected chi connectivity index (χ4v) is 1.97. The second-order valence-corrected chi connectivity index (χ2v) is 3.63. The van der Waals surface area contributed by atoms with Crippen molar-refractivity contribution in [2.45, 2.75) is 36.8 Å². The van der Waals surface area contributed by atoms with E-state index in [1.54, 1.807) is 0 Å². The molecular weight excluding hydrogens is 168 g/mol. The highest BCUT2D eigenvalue weighted by atomic mass is 35.5. The topological polar surface area (TPSA) is 35.5 Å². The Bertz CT molecular complexity index is 194. The molecule has 2 fully saturated rings. The van der Waals surface area contributed by atoms with Crippen molar-refractivity contribution in [2.24, 2.45) is 0 Å². The van der Waals surface area contributed by atoms with E-state index < -0.39 is 11.2 Å². The van der Waals surface area contributed by atoms with E-state index in [0.29, 0.717) is 6.42 Å². The molecule has 0 amide bonds. The molecule has 2 unspecified atom stereocenters. The van der Waals surface area contributed by atoms with E-state index in [-0.39, 0.29) is 6.10 Å². The molecule has 2 atom stereocenters. The van der Waals surface area contributed by atoms with Crippen LogP contribution in [0.2, 0.25) is 0 Å². The van der Waals surface area contributed by atoms with Crippen molar-refractivity contribution >= 4 is 17.8 Å². The van der Waals surface area contributed by atoms with Crippen LogP contribution < -0.4 is 0 Å². The normalized spacial score (nSPS) is 42.6. The summed E-state index contributed by atoms with van der Waals surface area (Å²) in [5.74, 6) is 0. The largest absolute Gasteiger partial charge is 0.510 e. The number of halogens is 1. The van der Waals surface area contributed by atoms with Crippen molar-refractivity contribution in [2.75, 3.05) is 0 Å². The molecule has 0 spiro atoms. The molecular formula is C7H9ClO3. The van der Waals surface area contributed by atoms with Crippen molar-refractivity contribution < 1.29 is 14.3 Å². The third kappa shape index (κ3) is 1.07. The van der Waals surface area contributed by atoms with E-state index in [9.17, 15) is 4.79 Å². The van der Waals surface area contributed by atoms with E-state index in [0.717, 1.165) is 19.3 Å². The lowest BCUT2D eigenvalue weighted by molar-refractivity contribution is 0.0721. The minimum absolute atomic E-state index is 0.217. The molecule has 1 saturated heterocycles. The molecule has 2 aliphatic rings. The summed E-state index contributed by atoms with van der Waals surface area (Å²) in [5, 5.41) is -0.838. The first-order chi connectivity index (χ1) is 5.21. The highest BCUT2D eigenvalue weighted by molar-refractivity contribution is 6.24. The van der Waals surface area contributed by atoms with Crippen molar-refractivity contribution in [3.05, 3.63) is 0 Å². The third-order valence-electron chi connectivity index (χ3n) is 2.21. The average Bonchev–Trinajstić information content (AvgIpc) is 2.22. The second-order valence-electron chi connectivity index (χ2n) is 2.99. The minimum atomic E-state index is -0.838. The average molecular weight is 177 g/mol. The van der Waals surface area contributed by atoms with E-state index in [4.69, 9.17) is 21.1 Å². The Labute approximate surface area is 69.6 Å². The highest BCUT2D eigenvalue weighted by Gasteiger charge is 2.51. The lowest BCUT2D eigenvalue weighted by Gasteiger charge is -2.28. The first-order valence-corrected chi connectivity index (χ1v) is 4.17. The van der Waals surface area contributed by atoms with Crippen LogP contribution in [0.4, 0.5) is 4.79 Å². The van der Waals surface area contributed by atoms with Gasteiger partial charge in [-0.05, 0) is 19.3 Å². The minimum Gasteiger partial charge on any atom is -0.425 e. The van der Waals surface area contributed by atoms with Gasteiger partial charge in [0, 0.05) is 6.42 Å². The fourth-order valence-electron chi connectivity index (χ4n) is 1.61. The lowest BCUT2D eigenvalue weighted by atomic mass is 9.94. The summed E-state index contributed by atoms with van der Waals surface area (Å²) in [6.45, 7) is 0. The van der Waals surface area contributed by atoms with E-state index in [2.05, 4.69) is 0 Å². The summed E-state index contributed by atoms with van der Waals surface area (Å²) in [6.07, 6.45) is 2.78. The van der Waals surface area contributed by atoms with Crippen LogP contribution >= 0.6 is 11.6 Å². The van der Waals surface area contributed by atoms with Gasteiger partial charge in [0.1, 0.15) is 0 Å². The molecule has 2 rings (SSSR count). The van der Waals surface area contributed by atoms with Crippen LogP contribution in [0, 0.1) is 0 Å². The summed E-state index contributed by atoms with van der Waals surface area (Å²) >= 11 is 6.00. The van der Waals surface area contributed by atoms with E-state index >= 15 is 0 Å². The van der Waals surface area contributed by atoms with Crippen LogP contribution in [-0.2, 0) is 9.47 Å². The van der Waals surface area contributed by atoms with Gasteiger partial charge in [0.2, 0.25) is 5.06 Å². The van der Waals surface area contributed by atoms with Gasteiger partial charge >= 0.3 is 6.16 Å². The zero-order valence-corrected chi connectivity index (χ0v) is 6.76. The third-order valence-corrected chi connectivity index (χ3v) is 2.72. The Morgan fingerprint density at radius 2 is 2.36 bits per heavy atom. The van der Waals surface area contributed by atoms with Crippen LogP contribution in [0.25, 0.3) is 0 Å². The van der Waals surface area contributed by atoms with Gasteiger partial charge in [-0.3, -0.25) is 0 Å². The molecule has 1 aliphatic carbocycles. The molecule has 0 aromatic carbocycles. The molecule has 0 bridgehead atoms. The lowest BCUT2D eigenvalue weighted by Crippen LogP contribution is -2.36. The van der Waals surface area contributed by atoms with Crippen molar-refractivity contribution in [3.8, 4) is 0 Å². The Morgan fingerprint density at radius 1 is 1.55 bits per heavy atom. The highest BCUT2D eigenvalue weighted by Crippen LogP contribution is 2.41. The predicted octanol–water partition coefficient (Wildman–Crippen LogP) is 2.03. The Kier molecular flexibility index (Phi) is 1.49. The maximum absolute atomic E-state index is 10.7. The fraction of sp³-hybridized carbons (Fsp3) is 0.857. The van der Waals surface area contributed by atoms with Crippen LogP contribution in [0.3, 0.4) is 0 Å². The van der Waals surface area contributed by atoms with Gasteiger partial charge in [0.25, 0.3) is 0 Å². The van der Waals surface area contributed by atoms with Crippen LogP contribution in [0.5, 0.6) is 0 Å². The molecule has 0 aromatic heterocycles. The summed E-state index contributed by atoms with van der Waals surface area (Å²) in [7, 11) is 0. The molecule has 4 heteroatoms. The molecule has 0 aromatic rings. The maximum atomic E-state index is 10.7. The monoisotopic (exact) mass is 176 g/mol. The van der Waals surface area contributed by atoms with E-state index in [1.165, 1.54) is 0 Å². The number of carbonyl (C=O) groups is 1. The number of ether oxygens (including phenoxy) is 2. The standard InChI is InChI=1S/C7H9ClO3/c8-7-4-2-1-3-5(7)10-6(9)11-7/h5H,1-4H2. The first-order valence-electron chi connectivity index (χ1n) is 3.79. The summed E-state index contributed by atoms with van der Waals surface area (Å²) in [4.78, 5) is 10.7. The van der Waals surface area contributed by atoms with Gasteiger partial charge < -0.3 is 9.47 Å². The molecule has 0 N–H and O–H groups in total. The van der Waals surface area contributed by atoms with Crippen molar-refractivity contribution in [3.63, 3.8) is 0 Å². The first kappa shape index (κ1) is 7.22. The number of fused-ring (bicyclic) bond motifs is 1. The smallest absolute Gasteiger partial charge is 0.425 e. The Hall–Kier alpha value is -0.440. The molecule has 3 nitrogen and oxygen atoms in total.